The Hall–Kier alpha value is -1.23. The van der Waals surface area contributed by atoms with E-state index < -0.39 is 0 Å². The maximum Gasteiger partial charge on any atom is 0.269 e. The summed E-state index contributed by atoms with van der Waals surface area (Å²) in [5, 5.41) is 2.50. The van der Waals surface area contributed by atoms with Gasteiger partial charge in [0.2, 0.25) is 0 Å². The van der Waals surface area contributed by atoms with E-state index in [1.807, 2.05) is 0 Å². The number of pyridine rings is 1. The summed E-state index contributed by atoms with van der Waals surface area (Å²) in [5.74, 6) is 0.952. The fourth-order valence-corrected chi connectivity index (χ4v) is 2.38. The van der Waals surface area contributed by atoms with Crippen LogP contribution in [0.15, 0.2) is 16.7 Å². The second kappa shape index (κ2) is 5.18. The number of carbonyl (C=O) groups excluding carboxylic acids is 2. The molecule has 1 saturated carbocycles. The van der Waals surface area contributed by atoms with Crippen LogP contribution < -0.4 is 5.32 Å². The maximum atomic E-state index is 12.1. The molecule has 0 radical (unpaired) electrons. The fraction of sp³-hybridized carbons (Fsp3) is 0.462. The number of carbonyl (C=O) groups is 2. The number of amides is 1. The predicted octanol–water partition coefficient (Wildman–Crippen LogP) is 2.43. The molecule has 1 aromatic rings. The number of hydrogen-bond acceptors (Lipinski definition) is 3. The van der Waals surface area contributed by atoms with Crippen LogP contribution in [0.1, 0.15) is 40.6 Å². The third kappa shape index (κ3) is 2.96. The van der Waals surface area contributed by atoms with Crippen LogP contribution in [0.5, 0.6) is 0 Å². The van der Waals surface area contributed by atoms with Crippen molar-refractivity contribution in [3.8, 4) is 0 Å². The van der Waals surface area contributed by atoms with E-state index in [0.717, 1.165) is 6.42 Å². The summed E-state index contributed by atoms with van der Waals surface area (Å²) in [4.78, 5) is 27.6. The minimum atomic E-state index is -0.287. The van der Waals surface area contributed by atoms with Gasteiger partial charge in [0.05, 0.1) is 0 Å². The van der Waals surface area contributed by atoms with Crippen molar-refractivity contribution in [3.05, 3.63) is 28.0 Å². The van der Waals surface area contributed by atoms with Crippen molar-refractivity contribution in [1.82, 2.24) is 10.3 Å². The van der Waals surface area contributed by atoms with Crippen LogP contribution in [0, 0.1) is 11.8 Å². The highest BCUT2D eigenvalue weighted by atomic mass is 79.9. The van der Waals surface area contributed by atoms with E-state index in [2.05, 4.69) is 33.2 Å². The summed E-state index contributed by atoms with van der Waals surface area (Å²) in [5.41, 5.74) is 0.814. The van der Waals surface area contributed by atoms with E-state index in [0.29, 0.717) is 28.4 Å². The minimum Gasteiger partial charge on any atom is -0.354 e. The number of hydrogen-bond donors (Lipinski definition) is 1. The first kappa shape index (κ1) is 13.2. The van der Waals surface area contributed by atoms with Crippen LogP contribution >= 0.6 is 15.9 Å². The molecule has 96 valence electrons. The Kier molecular flexibility index (Phi) is 3.80. The van der Waals surface area contributed by atoms with E-state index in [1.54, 1.807) is 12.1 Å². The number of nitrogens with one attached hydrogen (secondary N) is 1. The number of rotatable bonds is 4. The summed E-state index contributed by atoms with van der Waals surface area (Å²) in [6.07, 6.45) is 1.69. The lowest BCUT2D eigenvalue weighted by Gasteiger charge is -2.04. The van der Waals surface area contributed by atoms with Gasteiger partial charge in [-0.05, 0) is 46.3 Å². The molecule has 2 rings (SSSR count). The second-order valence-corrected chi connectivity index (χ2v) is 5.56. The number of halogens is 1. The van der Waals surface area contributed by atoms with Crippen molar-refractivity contribution >= 4 is 27.6 Å². The molecule has 18 heavy (non-hydrogen) atoms. The molecule has 1 heterocycles. The minimum absolute atomic E-state index is 0.0811. The van der Waals surface area contributed by atoms with Crippen LogP contribution in [0.25, 0.3) is 0 Å². The lowest BCUT2D eigenvalue weighted by molar-refractivity contribution is 0.0958. The highest BCUT2D eigenvalue weighted by Crippen LogP contribution is 2.41. The molecule has 0 aliphatic heterocycles. The first-order valence-electron chi connectivity index (χ1n) is 5.94. The van der Waals surface area contributed by atoms with Crippen molar-refractivity contribution in [2.45, 2.75) is 19.8 Å². The van der Waals surface area contributed by atoms with Gasteiger partial charge in [-0.1, -0.05) is 6.92 Å². The lowest BCUT2D eigenvalue weighted by atomic mass is 10.1. The van der Waals surface area contributed by atoms with Gasteiger partial charge in [-0.2, -0.15) is 0 Å². The summed E-state index contributed by atoms with van der Waals surface area (Å²) >= 11 is 3.23. The average Bonchev–Trinajstić information content (AvgIpc) is 3.03. The van der Waals surface area contributed by atoms with Gasteiger partial charge in [0.25, 0.3) is 5.91 Å². The molecule has 4 nitrogen and oxygen atoms in total. The number of aromatic nitrogens is 1. The fourth-order valence-electron chi connectivity index (χ4n) is 1.94. The molecule has 0 spiro atoms. The number of nitrogens with zero attached hydrogens (tertiary/aromatic N) is 1. The molecular formula is C13H15BrN2O2. The van der Waals surface area contributed by atoms with E-state index in [9.17, 15) is 9.59 Å². The van der Waals surface area contributed by atoms with Gasteiger partial charge < -0.3 is 5.32 Å². The molecule has 1 N–H and O–H groups in total. The standard InChI is InChI=1S/C13H15BrN2O2/c1-7-3-8(7)5-11(17)9-4-10(13(18)15-2)16-12(14)6-9/h4,6-8H,3,5H2,1-2H3,(H,15,18)/t7-,8+/m0/s1. The third-order valence-corrected chi connectivity index (χ3v) is 3.71. The van der Waals surface area contributed by atoms with E-state index in [4.69, 9.17) is 0 Å². The van der Waals surface area contributed by atoms with Crippen LogP contribution in [-0.2, 0) is 0 Å². The van der Waals surface area contributed by atoms with Gasteiger partial charge in [-0.25, -0.2) is 4.98 Å². The SMILES string of the molecule is CNC(=O)c1cc(C(=O)C[C@H]2C[C@@H]2C)cc(Br)n1. The Labute approximate surface area is 114 Å². The van der Waals surface area contributed by atoms with Crippen molar-refractivity contribution < 1.29 is 9.59 Å². The Bertz CT molecular complexity index is 502. The molecule has 1 fully saturated rings. The van der Waals surface area contributed by atoms with Crippen LogP contribution in [0.3, 0.4) is 0 Å². The van der Waals surface area contributed by atoms with Gasteiger partial charge in [0.15, 0.2) is 5.78 Å². The molecule has 0 saturated heterocycles. The third-order valence-electron chi connectivity index (χ3n) is 3.30. The molecular weight excluding hydrogens is 296 g/mol. The molecule has 0 aromatic carbocycles. The summed E-state index contributed by atoms with van der Waals surface area (Å²) in [6.45, 7) is 2.15. The Morgan fingerprint density at radius 3 is 2.72 bits per heavy atom. The lowest BCUT2D eigenvalue weighted by Crippen LogP contribution is -2.20. The summed E-state index contributed by atoms with van der Waals surface area (Å²) in [7, 11) is 1.54. The molecule has 1 amide bonds. The van der Waals surface area contributed by atoms with Gasteiger partial charge in [-0.15, -0.1) is 0 Å². The highest BCUT2D eigenvalue weighted by Gasteiger charge is 2.34. The first-order chi connectivity index (χ1) is 8.51. The van der Waals surface area contributed by atoms with Crippen molar-refractivity contribution in [1.29, 1.82) is 0 Å². The first-order valence-corrected chi connectivity index (χ1v) is 6.73. The van der Waals surface area contributed by atoms with Crippen molar-refractivity contribution in [2.24, 2.45) is 11.8 Å². The molecule has 1 aliphatic rings. The smallest absolute Gasteiger partial charge is 0.269 e. The molecule has 1 aliphatic carbocycles. The largest absolute Gasteiger partial charge is 0.354 e. The van der Waals surface area contributed by atoms with Gasteiger partial charge >= 0.3 is 0 Å². The van der Waals surface area contributed by atoms with Crippen LogP contribution in [-0.4, -0.2) is 23.7 Å². The van der Waals surface area contributed by atoms with E-state index in [-0.39, 0.29) is 17.4 Å². The quantitative estimate of drug-likeness (QED) is 0.686. The van der Waals surface area contributed by atoms with Crippen LogP contribution in [0.2, 0.25) is 0 Å². The van der Waals surface area contributed by atoms with Gasteiger partial charge in [0, 0.05) is 19.0 Å². The molecule has 0 unspecified atom stereocenters. The molecule has 0 bridgehead atoms. The van der Waals surface area contributed by atoms with E-state index in [1.165, 1.54) is 7.05 Å². The van der Waals surface area contributed by atoms with Crippen molar-refractivity contribution in [2.75, 3.05) is 7.05 Å². The van der Waals surface area contributed by atoms with Crippen LogP contribution in [0.4, 0.5) is 0 Å². The summed E-state index contributed by atoms with van der Waals surface area (Å²) in [6, 6.07) is 3.22. The van der Waals surface area contributed by atoms with Gasteiger partial charge in [0.1, 0.15) is 10.3 Å². The zero-order valence-electron chi connectivity index (χ0n) is 10.4. The number of Topliss-reactive ketones (excluding diaryl/α,β-unsaturated/α-hetero) is 1. The van der Waals surface area contributed by atoms with Gasteiger partial charge in [-0.3, -0.25) is 9.59 Å². The Morgan fingerprint density at radius 2 is 2.17 bits per heavy atom. The topological polar surface area (TPSA) is 59.1 Å². The second-order valence-electron chi connectivity index (χ2n) is 4.74. The Balaban J connectivity index is 2.19. The van der Waals surface area contributed by atoms with E-state index >= 15 is 0 Å². The summed E-state index contributed by atoms with van der Waals surface area (Å²) < 4.78 is 0.510. The molecule has 1 aromatic heterocycles. The molecule has 5 heteroatoms. The zero-order chi connectivity index (χ0) is 13.3. The maximum absolute atomic E-state index is 12.1. The monoisotopic (exact) mass is 310 g/mol. The average molecular weight is 311 g/mol. The zero-order valence-corrected chi connectivity index (χ0v) is 12.0. The predicted molar refractivity (Wildman–Crippen MR) is 71.5 cm³/mol. The van der Waals surface area contributed by atoms with Crippen molar-refractivity contribution in [3.63, 3.8) is 0 Å². The normalized spacial score (nSPS) is 21.5. The Morgan fingerprint density at radius 1 is 1.50 bits per heavy atom. The highest BCUT2D eigenvalue weighted by molar-refractivity contribution is 9.10. The molecule has 2 atom stereocenters. The number of ketones is 1.